The van der Waals surface area contributed by atoms with Gasteiger partial charge in [0.05, 0.1) is 5.69 Å². The van der Waals surface area contributed by atoms with Gasteiger partial charge in [-0.2, -0.15) is 15.2 Å². The van der Waals surface area contributed by atoms with Gasteiger partial charge in [0.25, 0.3) is 5.78 Å². The quantitative estimate of drug-likeness (QED) is 0.747. The van der Waals surface area contributed by atoms with Crippen LogP contribution in [0.3, 0.4) is 0 Å². The molecule has 0 radical (unpaired) electrons. The predicted octanol–water partition coefficient (Wildman–Crippen LogP) is 1.90. The van der Waals surface area contributed by atoms with Gasteiger partial charge in [-0.05, 0) is 50.7 Å². The van der Waals surface area contributed by atoms with Gasteiger partial charge >= 0.3 is 0 Å². The third-order valence-electron chi connectivity index (χ3n) is 6.14. The summed E-state index contributed by atoms with van der Waals surface area (Å²) >= 11 is 0. The predicted molar refractivity (Wildman–Crippen MR) is 103 cm³/mol. The van der Waals surface area contributed by atoms with Gasteiger partial charge < -0.3 is 4.90 Å². The van der Waals surface area contributed by atoms with Gasteiger partial charge in [-0.25, -0.2) is 9.50 Å². The zero-order valence-corrected chi connectivity index (χ0v) is 16.4. The van der Waals surface area contributed by atoms with Crippen LogP contribution in [0.1, 0.15) is 59.1 Å². The number of carbonyl (C=O) groups excluding carboxylic acids is 1. The average molecular weight is 379 g/mol. The Bertz CT molecular complexity index is 1050. The van der Waals surface area contributed by atoms with Crippen LogP contribution in [-0.2, 0) is 24.1 Å². The smallest absolute Gasteiger partial charge is 0.252 e. The Morgan fingerprint density at radius 2 is 2.07 bits per heavy atom. The van der Waals surface area contributed by atoms with E-state index in [1.54, 1.807) is 4.52 Å². The Labute approximate surface area is 163 Å². The Balaban J connectivity index is 1.26. The molecule has 1 saturated carbocycles. The van der Waals surface area contributed by atoms with E-state index in [4.69, 9.17) is 0 Å². The molecule has 0 saturated heterocycles. The second-order valence-electron chi connectivity index (χ2n) is 7.95. The van der Waals surface area contributed by atoms with E-state index >= 15 is 0 Å². The Morgan fingerprint density at radius 1 is 1.25 bits per heavy atom. The van der Waals surface area contributed by atoms with Gasteiger partial charge in [-0.15, -0.1) is 0 Å². The second-order valence-corrected chi connectivity index (χ2v) is 7.95. The molecule has 1 aliphatic heterocycles. The van der Waals surface area contributed by atoms with E-state index in [1.807, 2.05) is 18.7 Å². The topological polar surface area (TPSA) is 92.1 Å². The summed E-state index contributed by atoms with van der Waals surface area (Å²) in [6.45, 7) is 5.53. The highest BCUT2D eigenvalue weighted by atomic mass is 16.2. The van der Waals surface area contributed by atoms with E-state index in [9.17, 15) is 4.79 Å². The number of hydrogen-bond acceptors (Lipinski definition) is 5. The summed E-state index contributed by atoms with van der Waals surface area (Å²) in [6, 6.07) is 0. The molecule has 1 aliphatic carbocycles. The van der Waals surface area contributed by atoms with Crippen molar-refractivity contribution >= 4 is 11.7 Å². The van der Waals surface area contributed by atoms with Crippen molar-refractivity contribution < 1.29 is 4.79 Å². The third kappa shape index (κ3) is 2.96. The van der Waals surface area contributed by atoms with Crippen LogP contribution in [0.5, 0.6) is 0 Å². The van der Waals surface area contributed by atoms with Crippen LogP contribution >= 0.6 is 0 Å². The van der Waals surface area contributed by atoms with Crippen LogP contribution < -0.4 is 0 Å². The molecule has 0 aromatic carbocycles. The summed E-state index contributed by atoms with van der Waals surface area (Å²) in [6.07, 6.45) is 6.96. The van der Waals surface area contributed by atoms with Gasteiger partial charge in [-0.3, -0.25) is 9.89 Å². The lowest BCUT2D eigenvalue weighted by Gasteiger charge is -2.21. The van der Waals surface area contributed by atoms with E-state index in [0.717, 1.165) is 42.9 Å². The maximum atomic E-state index is 12.9. The average Bonchev–Trinajstić information content (AvgIpc) is 3.35. The molecule has 1 fully saturated rings. The molecule has 3 aromatic rings. The Morgan fingerprint density at radius 3 is 2.89 bits per heavy atom. The lowest BCUT2D eigenvalue weighted by Crippen LogP contribution is -2.33. The third-order valence-corrected chi connectivity index (χ3v) is 6.14. The largest absolute Gasteiger partial charge is 0.342 e. The number of carbonyl (C=O) groups is 1. The zero-order valence-electron chi connectivity index (χ0n) is 16.4. The number of amides is 1. The standard InChI is InChI=1S/C20H25N7O/c1-12-15(13(2)27-20(23-12)21-11-22-27)5-6-18(28)26-9-7-16-17(8-10-26)24-25-19(16)14-3-4-14/h11,14H,3-10H2,1-2H3,(H,24,25). The monoisotopic (exact) mass is 379 g/mol. The molecule has 2 aliphatic rings. The Hall–Kier alpha value is -2.77. The molecule has 3 aromatic heterocycles. The SMILES string of the molecule is Cc1nc2ncnn2c(C)c1CCC(=O)N1CCc2[nH]nc(C3CC3)c2CC1. The van der Waals surface area contributed by atoms with Gasteiger partial charge in [0.1, 0.15) is 6.33 Å². The first-order chi connectivity index (χ1) is 13.6. The summed E-state index contributed by atoms with van der Waals surface area (Å²) in [5.74, 6) is 1.47. The highest BCUT2D eigenvalue weighted by molar-refractivity contribution is 5.76. The fourth-order valence-corrected chi connectivity index (χ4v) is 4.36. The van der Waals surface area contributed by atoms with Crippen LogP contribution in [0.2, 0.25) is 0 Å². The van der Waals surface area contributed by atoms with E-state index in [0.29, 0.717) is 24.5 Å². The molecule has 0 bridgehead atoms. The fraction of sp³-hybridized carbons (Fsp3) is 0.550. The van der Waals surface area contributed by atoms with Crippen molar-refractivity contribution in [2.75, 3.05) is 13.1 Å². The van der Waals surface area contributed by atoms with Crippen molar-refractivity contribution in [2.24, 2.45) is 0 Å². The number of nitrogens with zero attached hydrogens (tertiary/aromatic N) is 6. The summed E-state index contributed by atoms with van der Waals surface area (Å²) in [5.41, 5.74) is 6.88. The first-order valence-electron chi connectivity index (χ1n) is 10.1. The molecule has 28 heavy (non-hydrogen) atoms. The van der Waals surface area contributed by atoms with Crippen molar-refractivity contribution in [1.82, 2.24) is 34.7 Å². The fourth-order valence-electron chi connectivity index (χ4n) is 4.36. The maximum absolute atomic E-state index is 12.9. The summed E-state index contributed by atoms with van der Waals surface area (Å²) in [4.78, 5) is 23.6. The first-order valence-corrected chi connectivity index (χ1v) is 10.1. The summed E-state index contributed by atoms with van der Waals surface area (Å²) in [5, 5.41) is 12.0. The van der Waals surface area contributed by atoms with E-state index in [1.165, 1.54) is 36.1 Å². The molecule has 0 unspecified atom stereocenters. The first kappa shape index (κ1) is 17.3. The molecular weight excluding hydrogens is 354 g/mol. The molecule has 0 spiro atoms. The minimum Gasteiger partial charge on any atom is -0.342 e. The van der Waals surface area contributed by atoms with Crippen molar-refractivity contribution in [1.29, 1.82) is 0 Å². The minimum atomic E-state index is 0.212. The van der Waals surface area contributed by atoms with Crippen LogP contribution in [0.25, 0.3) is 5.78 Å². The Kier molecular flexibility index (Phi) is 4.14. The lowest BCUT2D eigenvalue weighted by molar-refractivity contribution is -0.131. The van der Waals surface area contributed by atoms with E-state index in [2.05, 4.69) is 25.3 Å². The number of hydrogen-bond donors (Lipinski definition) is 1. The molecule has 0 atom stereocenters. The second kappa shape index (κ2) is 6.68. The molecule has 8 heteroatoms. The molecule has 5 rings (SSSR count). The van der Waals surface area contributed by atoms with Crippen molar-refractivity contribution in [2.45, 2.75) is 58.3 Å². The highest BCUT2D eigenvalue weighted by Gasteiger charge is 2.31. The van der Waals surface area contributed by atoms with Crippen molar-refractivity contribution in [3.05, 3.63) is 40.2 Å². The number of rotatable bonds is 4. The number of aryl methyl sites for hydroxylation is 2. The molecule has 146 valence electrons. The normalized spacial score (nSPS) is 17.0. The van der Waals surface area contributed by atoms with E-state index in [-0.39, 0.29) is 5.91 Å². The van der Waals surface area contributed by atoms with Crippen molar-refractivity contribution in [3.8, 4) is 0 Å². The highest BCUT2D eigenvalue weighted by Crippen LogP contribution is 2.41. The molecule has 8 nitrogen and oxygen atoms in total. The lowest BCUT2D eigenvalue weighted by atomic mass is 10.1. The van der Waals surface area contributed by atoms with Gasteiger partial charge in [-0.1, -0.05) is 0 Å². The number of H-pyrrole nitrogens is 1. The summed E-state index contributed by atoms with van der Waals surface area (Å²) in [7, 11) is 0. The van der Waals surface area contributed by atoms with Gasteiger partial charge in [0, 0.05) is 48.9 Å². The number of nitrogens with one attached hydrogen (secondary N) is 1. The van der Waals surface area contributed by atoms with Crippen LogP contribution in [0.4, 0.5) is 0 Å². The number of aromatic amines is 1. The summed E-state index contributed by atoms with van der Waals surface area (Å²) < 4.78 is 1.75. The molecule has 1 N–H and O–H groups in total. The van der Waals surface area contributed by atoms with Gasteiger partial charge in [0.2, 0.25) is 5.91 Å². The molecule has 4 heterocycles. The van der Waals surface area contributed by atoms with Crippen LogP contribution in [-0.4, -0.2) is 53.7 Å². The van der Waals surface area contributed by atoms with Crippen LogP contribution in [0, 0.1) is 13.8 Å². The number of fused-ring (bicyclic) bond motifs is 2. The van der Waals surface area contributed by atoms with Crippen LogP contribution in [0.15, 0.2) is 6.33 Å². The zero-order chi connectivity index (χ0) is 19.3. The molecular formula is C20H25N7O. The maximum Gasteiger partial charge on any atom is 0.252 e. The minimum absolute atomic E-state index is 0.212. The van der Waals surface area contributed by atoms with Gasteiger partial charge in [0.15, 0.2) is 0 Å². The van der Waals surface area contributed by atoms with E-state index < -0.39 is 0 Å². The number of aromatic nitrogens is 6. The molecule has 1 amide bonds. The van der Waals surface area contributed by atoms with Crippen molar-refractivity contribution in [3.63, 3.8) is 0 Å².